The predicted molar refractivity (Wildman–Crippen MR) is 78.6 cm³/mol. The van der Waals surface area contributed by atoms with Gasteiger partial charge in [-0.05, 0) is 37.1 Å². The Morgan fingerprint density at radius 3 is 2.78 bits per heavy atom. The van der Waals surface area contributed by atoms with E-state index in [0.717, 1.165) is 36.8 Å². The molecule has 0 spiro atoms. The Kier molecular flexibility index (Phi) is 7.68. The summed E-state index contributed by atoms with van der Waals surface area (Å²) in [6, 6.07) is 5.70. The smallest absolute Gasteiger partial charge is 0.0591 e. The van der Waals surface area contributed by atoms with E-state index in [1.54, 1.807) is 6.07 Å². The van der Waals surface area contributed by atoms with Crippen LogP contribution < -0.4 is 5.32 Å². The number of benzene rings is 1. The first kappa shape index (κ1) is 15.8. The van der Waals surface area contributed by atoms with Crippen LogP contribution in [0.15, 0.2) is 18.2 Å². The van der Waals surface area contributed by atoms with Gasteiger partial charge >= 0.3 is 0 Å². The summed E-state index contributed by atoms with van der Waals surface area (Å²) >= 11 is 12.1. The van der Waals surface area contributed by atoms with Crippen molar-refractivity contribution in [2.24, 2.45) is 0 Å². The number of unbranched alkanes of at least 4 members (excludes halogenated alkanes) is 1. The second-order valence-corrected chi connectivity index (χ2v) is 5.15. The van der Waals surface area contributed by atoms with Crippen molar-refractivity contribution in [1.82, 2.24) is 5.32 Å². The summed E-state index contributed by atoms with van der Waals surface area (Å²) in [6.45, 7) is 6.61. The largest absolute Gasteiger partial charge is 0.380 e. The molecule has 1 rings (SSSR count). The number of hydrogen-bond acceptors (Lipinski definition) is 2. The normalized spacial score (nSPS) is 12.7. The molecule has 0 aliphatic carbocycles. The second kappa shape index (κ2) is 8.76. The van der Waals surface area contributed by atoms with Crippen LogP contribution in [-0.4, -0.2) is 19.8 Å². The minimum Gasteiger partial charge on any atom is -0.380 e. The van der Waals surface area contributed by atoms with E-state index < -0.39 is 0 Å². The van der Waals surface area contributed by atoms with Gasteiger partial charge in [0.05, 0.1) is 6.61 Å². The van der Waals surface area contributed by atoms with Crippen molar-refractivity contribution in [2.75, 3.05) is 19.8 Å². The Bertz CT molecular complexity index is 358. The van der Waals surface area contributed by atoms with E-state index >= 15 is 0 Å². The van der Waals surface area contributed by atoms with Gasteiger partial charge in [-0.3, -0.25) is 0 Å². The Morgan fingerprint density at radius 1 is 1.28 bits per heavy atom. The molecule has 102 valence electrons. The molecule has 0 aromatic heterocycles. The third-order valence-corrected chi connectivity index (χ3v) is 3.34. The van der Waals surface area contributed by atoms with Crippen molar-refractivity contribution in [3.8, 4) is 0 Å². The van der Waals surface area contributed by atoms with Crippen molar-refractivity contribution in [3.05, 3.63) is 33.8 Å². The van der Waals surface area contributed by atoms with Gasteiger partial charge in [0, 0.05) is 29.2 Å². The average Bonchev–Trinajstić information content (AvgIpc) is 2.36. The van der Waals surface area contributed by atoms with E-state index in [1.807, 2.05) is 12.1 Å². The van der Waals surface area contributed by atoms with Crippen molar-refractivity contribution in [3.63, 3.8) is 0 Å². The van der Waals surface area contributed by atoms with Crippen LogP contribution in [0, 0.1) is 0 Å². The van der Waals surface area contributed by atoms with Gasteiger partial charge in [0.2, 0.25) is 0 Å². The summed E-state index contributed by atoms with van der Waals surface area (Å²) in [6.07, 6.45) is 2.29. The molecule has 0 radical (unpaired) electrons. The molecule has 1 aromatic rings. The molecule has 0 heterocycles. The van der Waals surface area contributed by atoms with Crippen molar-refractivity contribution < 1.29 is 4.74 Å². The standard InChI is InChI=1S/C14H21Cl2NO/c1-3-4-8-18-9-7-17-11(2)13-10-12(15)5-6-14(13)16/h5-6,10-11,17H,3-4,7-9H2,1-2H3. The molecule has 2 nitrogen and oxygen atoms in total. The fraction of sp³-hybridized carbons (Fsp3) is 0.571. The zero-order valence-electron chi connectivity index (χ0n) is 11.0. The summed E-state index contributed by atoms with van der Waals surface area (Å²) < 4.78 is 5.49. The first-order chi connectivity index (χ1) is 8.65. The summed E-state index contributed by atoms with van der Waals surface area (Å²) in [5, 5.41) is 4.83. The third kappa shape index (κ3) is 5.57. The zero-order chi connectivity index (χ0) is 13.4. The SMILES string of the molecule is CCCCOCCNC(C)c1cc(Cl)ccc1Cl. The van der Waals surface area contributed by atoms with Gasteiger partial charge in [-0.2, -0.15) is 0 Å². The first-order valence-electron chi connectivity index (χ1n) is 6.41. The molecule has 18 heavy (non-hydrogen) atoms. The highest BCUT2D eigenvalue weighted by Gasteiger charge is 2.09. The van der Waals surface area contributed by atoms with E-state index in [0.29, 0.717) is 5.02 Å². The minimum atomic E-state index is 0.172. The highest BCUT2D eigenvalue weighted by Crippen LogP contribution is 2.25. The quantitative estimate of drug-likeness (QED) is 0.714. The van der Waals surface area contributed by atoms with Crippen LogP contribution in [-0.2, 0) is 4.74 Å². The number of rotatable bonds is 8. The number of ether oxygens (including phenoxy) is 1. The van der Waals surface area contributed by atoms with Crippen LogP contribution >= 0.6 is 23.2 Å². The van der Waals surface area contributed by atoms with Crippen molar-refractivity contribution >= 4 is 23.2 Å². The monoisotopic (exact) mass is 289 g/mol. The molecule has 0 bridgehead atoms. The lowest BCUT2D eigenvalue weighted by Gasteiger charge is -2.16. The summed E-state index contributed by atoms with van der Waals surface area (Å²) in [5.74, 6) is 0. The van der Waals surface area contributed by atoms with Gasteiger partial charge in [-0.15, -0.1) is 0 Å². The zero-order valence-corrected chi connectivity index (χ0v) is 12.5. The molecule has 1 atom stereocenters. The van der Waals surface area contributed by atoms with E-state index in [4.69, 9.17) is 27.9 Å². The fourth-order valence-corrected chi connectivity index (χ4v) is 2.11. The molecule has 1 N–H and O–H groups in total. The van der Waals surface area contributed by atoms with Crippen LogP contribution in [0.1, 0.15) is 38.3 Å². The van der Waals surface area contributed by atoms with Gasteiger partial charge in [0.25, 0.3) is 0 Å². The topological polar surface area (TPSA) is 21.3 Å². The van der Waals surface area contributed by atoms with Crippen LogP contribution in [0.5, 0.6) is 0 Å². The van der Waals surface area contributed by atoms with Crippen LogP contribution in [0.2, 0.25) is 10.0 Å². The molecule has 0 fully saturated rings. The molecule has 1 aromatic carbocycles. The lowest BCUT2D eigenvalue weighted by Crippen LogP contribution is -2.23. The number of halogens is 2. The maximum Gasteiger partial charge on any atom is 0.0591 e. The molecule has 0 aliphatic rings. The average molecular weight is 290 g/mol. The van der Waals surface area contributed by atoms with Gasteiger partial charge in [0.15, 0.2) is 0 Å². The predicted octanol–water partition coefficient (Wildman–Crippen LogP) is 4.46. The van der Waals surface area contributed by atoms with Crippen LogP contribution in [0.4, 0.5) is 0 Å². The van der Waals surface area contributed by atoms with E-state index in [-0.39, 0.29) is 6.04 Å². The van der Waals surface area contributed by atoms with Crippen molar-refractivity contribution in [2.45, 2.75) is 32.7 Å². The summed E-state index contributed by atoms with van der Waals surface area (Å²) in [7, 11) is 0. The van der Waals surface area contributed by atoms with E-state index in [9.17, 15) is 0 Å². The third-order valence-electron chi connectivity index (χ3n) is 2.76. The molecule has 0 aliphatic heterocycles. The van der Waals surface area contributed by atoms with Gasteiger partial charge in [-0.25, -0.2) is 0 Å². The molecule has 0 amide bonds. The number of nitrogens with one attached hydrogen (secondary N) is 1. The van der Waals surface area contributed by atoms with Gasteiger partial charge in [-0.1, -0.05) is 36.5 Å². The maximum atomic E-state index is 6.14. The second-order valence-electron chi connectivity index (χ2n) is 4.31. The lowest BCUT2D eigenvalue weighted by atomic mass is 10.1. The number of hydrogen-bond donors (Lipinski definition) is 1. The molecule has 1 unspecified atom stereocenters. The molecule has 4 heteroatoms. The Hall–Kier alpha value is -0.280. The fourth-order valence-electron chi connectivity index (χ4n) is 1.65. The van der Waals surface area contributed by atoms with Gasteiger partial charge < -0.3 is 10.1 Å². The Morgan fingerprint density at radius 2 is 2.06 bits per heavy atom. The van der Waals surface area contributed by atoms with Crippen molar-refractivity contribution in [1.29, 1.82) is 0 Å². The summed E-state index contributed by atoms with van der Waals surface area (Å²) in [4.78, 5) is 0. The highest BCUT2D eigenvalue weighted by atomic mass is 35.5. The molecular weight excluding hydrogens is 269 g/mol. The molecule has 0 saturated heterocycles. The highest BCUT2D eigenvalue weighted by molar-refractivity contribution is 6.33. The lowest BCUT2D eigenvalue weighted by molar-refractivity contribution is 0.131. The molecular formula is C14H21Cl2NO. The summed E-state index contributed by atoms with van der Waals surface area (Å²) in [5.41, 5.74) is 1.03. The minimum absolute atomic E-state index is 0.172. The Balaban J connectivity index is 2.31. The molecule has 0 saturated carbocycles. The maximum absolute atomic E-state index is 6.14. The van der Waals surface area contributed by atoms with E-state index in [2.05, 4.69) is 19.2 Å². The van der Waals surface area contributed by atoms with Gasteiger partial charge in [0.1, 0.15) is 0 Å². The first-order valence-corrected chi connectivity index (χ1v) is 7.16. The van der Waals surface area contributed by atoms with E-state index in [1.165, 1.54) is 6.42 Å². The Labute approximate surface area is 120 Å². The van der Waals surface area contributed by atoms with Crippen LogP contribution in [0.3, 0.4) is 0 Å². The van der Waals surface area contributed by atoms with Crippen LogP contribution in [0.25, 0.3) is 0 Å².